The third-order valence-corrected chi connectivity index (χ3v) is 12.0. The lowest BCUT2D eigenvalue weighted by molar-refractivity contribution is -0.870. The Hall–Kier alpha value is 1.10. The van der Waals surface area contributed by atoms with Crippen LogP contribution >= 0.6 is 17.7 Å². The second kappa shape index (κ2) is 8.98. The van der Waals surface area contributed by atoms with Gasteiger partial charge in [-0.25, -0.2) is 0 Å². The van der Waals surface area contributed by atoms with E-state index in [4.69, 9.17) is 20.8 Å². The van der Waals surface area contributed by atoms with Crippen LogP contribution in [-0.4, -0.2) is 59.9 Å². The van der Waals surface area contributed by atoms with E-state index in [2.05, 4.69) is 67.3 Å². The summed E-state index contributed by atoms with van der Waals surface area (Å²) in [5.74, 6) is 0. The second-order valence-electron chi connectivity index (χ2n) is 8.52. The smallest absolute Gasteiger partial charge is 0.191 e. The average molecular weight is 387 g/mol. The monoisotopic (exact) mass is 386 g/mol. The summed E-state index contributed by atoms with van der Waals surface area (Å²) in [4.78, 5) is 0. The maximum Gasteiger partial charge on any atom is 0.191 e. The molecule has 0 bridgehead atoms. The van der Waals surface area contributed by atoms with Crippen molar-refractivity contribution in [3.63, 3.8) is 0 Å². The Kier molecular flexibility index (Phi) is 9.43. The Bertz CT molecular complexity index is 379. The fourth-order valence-corrected chi connectivity index (χ4v) is 4.97. The lowest BCUT2D eigenvalue weighted by Gasteiger charge is -2.36. The highest BCUT2D eigenvalue weighted by molar-refractivity contribution is 8.61. The average Bonchev–Trinajstić information content (AvgIpc) is 2.24. The lowest BCUT2D eigenvalue weighted by atomic mass is 10.2. The number of hydrogen-bond donors (Lipinski definition) is 1. The maximum absolute atomic E-state index is 6.18. The summed E-state index contributed by atoms with van der Waals surface area (Å²) in [7, 11) is 4.86. The molecule has 1 atom stereocenters. The Balaban J connectivity index is 3.93. The quantitative estimate of drug-likeness (QED) is 0.192. The van der Waals surface area contributed by atoms with Crippen molar-refractivity contribution in [2.75, 3.05) is 47.1 Å². The van der Waals surface area contributed by atoms with E-state index < -0.39 is 13.8 Å². The topological polar surface area (TPSA) is 18.5 Å². The zero-order valence-corrected chi connectivity index (χ0v) is 19.4. The lowest BCUT2D eigenvalue weighted by Crippen LogP contribution is -2.40. The highest BCUT2D eigenvalue weighted by Crippen LogP contribution is 2.52. The maximum atomic E-state index is 6.18. The van der Waals surface area contributed by atoms with Crippen molar-refractivity contribution in [1.82, 2.24) is 0 Å². The molecule has 0 aromatic carbocycles. The summed E-state index contributed by atoms with van der Waals surface area (Å²) in [5, 5.41) is 0.277. The number of rotatable bonds is 10. The minimum atomic E-state index is -1.92. The van der Waals surface area contributed by atoms with Crippen LogP contribution in [0.2, 0.25) is 18.1 Å². The normalized spacial score (nSPS) is 16.6. The van der Waals surface area contributed by atoms with Crippen molar-refractivity contribution in [2.24, 2.45) is 0 Å². The van der Waals surface area contributed by atoms with E-state index in [1.54, 1.807) is 0 Å². The first-order chi connectivity index (χ1) is 9.66. The van der Waals surface area contributed by atoms with Gasteiger partial charge in [-0.2, -0.15) is 0 Å². The molecule has 0 amide bonds. The van der Waals surface area contributed by atoms with Crippen LogP contribution in [0.25, 0.3) is 0 Å². The molecule has 134 valence electrons. The summed E-state index contributed by atoms with van der Waals surface area (Å²) < 4.78 is 12.9. The zero-order chi connectivity index (χ0) is 17.7. The van der Waals surface area contributed by atoms with E-state index in [9.17, 15) is 0 Å². The standard InChI is InChI=1S/C15H36NO2PS2Si/c1-15(2,3)22(7,8)18-12-9-10-14-19(20,21)17-13-11-16(4,5)6/h9-14H2,1-8H3/p+1. The molecule has 0 aliphatic carbocycles. The van der Waals surface area contributed by atoms with Crippen molar-refractivity contribution in [1.29, 1.82) is 0 Å². The van der Waals surface area contributed by atoms with Crippen LogP contribution in [0.4, 0.5) is 0 Å². The number of unbranched alkanes of at least 4 members (excludes halogenated alkanes) is 1. The minimum Gasteiger partial charge on any atom is -0.417 e. The van der Waals surface area contributed by atoms with Gasteiger partial charge in [-0.15, -0.1) is 12.2 Å². The third-order valence-electron chi connectivity index (χ3n) is 4.16. The van der Waals surface area contributed by atoms with Gasteiger partial charge in [0.2, 0.25) is 0 Å². The van der Waals surface area contributed by atoms with Crippen LogP contribution in [0, 0.1) is 0 Å². The van der Waals surface area contributed by atoms with E-state index in [1.165, 1.54) is 0 Å². The number of nitrogens with zero attached hydrogens (tertiary/aromatic N) is 1. The summed E-state index contributed by atoms with van der Waals surface area (Å²) in [6, 6.07) is 0. The van der Waals surface area contributed by atoms with Gasteiger partial charge in [0.15, 0.2) is 8.32 Å². The summed E-state index contributed by atoms with van der Waals surface area (Å²) in [5.41, 5.74) is -1.92. The van der Waals surface area contributed by atoms with Crippen molar-refractivity contribution in [2.45, 2.75) is 51.7 Å². The Labute approximate surface area is 150 Å². The van der Waals surface area contributed by atoms with Crippen molar-refractivity contribution in [3.05, 3.63) is 0 Å². The van der Waals surface area contributed by atoms with Gasteiger partial charge >= 0.3 is 0 Å². The number of quaternary nitrogens is 1. The van der Waals surface area contributed by atoms with Gasteiger partial charge < -0.3 is 13.4 Å². The number of thiol groups is 1. The first-order valence-corrected chi connectivity index (χ1v) is 15.0. The Morgan fingerprint density at radius 2 is 1.64 bits per heavy atom. The van der Waals surface area contributed by atoms with Gasteiger partial charge in [-0.3, -0.25) is 0 Å². The molecule has 0 N–H and O–H groups in total. The predicted octanol–water partition coefficient (Wildman–Crippen LogP) is 4.75. The molecule has 0 aliphatic rings. The van der Waals surface area contributed by atoms with Crippen molar-refractivity contribution in [3.8, 4) is 0 Å². The molecule has 0 spiro atoms. The molecule has 0 aromatic rings. The molecule has 0 aliphatic heterocycles. The van der Waals surface area contributed by atoms with Crippen LogP contribution in [0.15, 0.2) is 0 Å². The van der Waals surface area contributed by atoms with E-state index in [-0.39, 0.29) is 5.04 Å². The first kappa shape index (κ1) is 23.1. The van der Waals surface area contributed by atoms with E-state index in [0.29, 0.717) is 6.61 Å². The number of likely N-dealkylation sites (N-methyl/N-ethyl adjacent to an activating group) is 1. The van der Waals surface area contributed by atoms with E-state index in [1.807, 2.05) is 0 Å². The molecule has 0 fully saturated rings. The second-order valence-corrected chi connectivity index (χ2v) is 19.8. The van der Waals surface area contributed by atoms with E-state index >= 15 is 0 Å². The zero-order valence-electron chi connectivity index (χ0n) is 15.8. The van der Waals surface area contributed by atoms with Gasteiger partial charge in [0.25, 0.3) is 0 Å². The van der Waals surface area contributed by atoms with Gasteiger partial charge in [0.1, 0.15) is 18.6 Å². The number of hydrogen-bond acceptors (Lipinski definition) is 3. The Morgan fingerprint density at radius 3 is 2.09 bits per heavy atom. The highest BCUT2D eigenvalue weighted by atomic mass is 32.9. The molecule has 3 nitrogen and oxygen atoms in total. The molecule has 0 rings (SSSR count). The molecule has 0 heterocycles. The van der Waals surface area contributed by atoms with Gasteiger partial charge in [0.05, 0.1) is 21.1 Å². The molecule has 7 heteroatoms. The van der Waals surface area contributed by atoms with E-state index in [0.717, 1.165) is 36.6 Å². The van der Waals surface area contributed by atoms with Crippen LogP contribution in [-0.2, 0) is 20.8 Å². The fourth-order valence-electron chi connectivity index (χ4n) is 1.48. The molecule has 0 aromatic heterocycles. The van der Waals surface area contributed by atoms with Gasteiger partial charge in [-0.1, -0.05) is 32.6 Å². The summed E-state index contributed by atoms with van der Waals surface area (Å²) in [6.45, 7) is 13.9. The van der Waals surface area contributed by atoms with Gasteiger partial charge in [-0.05, 0) is 31.0 Å². The van der Waals surface area contributed by atoms with Crippen LogP contribution in [0.5, 0.6) is 0 Å². The largest absolute Gasteiger partial charge is 0.417 e. The molecule has 1 unspecified atom stereocenters. The SMILES string of the molecule is CC(C)(C)[Si](C)(C)OCCCCP(=S)(S)OCC[N+](C)(C)C. The van der Waals surface area contributed by atoms with Gasteiger partial charge in [0, 0.05) is 12.8 Å². The highest BCUT2D eigenvalue weighted by Gasteiger charge is 2.36. The van der Waals surface area contributed by atoms with Crippen LogP contribution < -0.4 is 0 Å². The molecule has 0 saturated heterocycles. The van der Waals surface area contributed by atoms with Crippen molar-refractivity contribution >= 4 is 37.8 Å². The molecule has 0 radical (unpaired) electrons. The molecular formula is C15H37NO2PS2Si+. The minimum absolute atomic E-state index is 0.277. The first-order valence-electron chi connectivity index (χ1n) is 8.07. The molecular weight excluding hydrogens is 349 g/mol. The fraction of sp³-hybridized carbons (Fsp3) is 1.00. The third kappa shape index (κ3) is 10.8. The van der Waals surface area contributed by atoms with Crippen LogP contribution in [0.3, 0.4) is 0 Å². The molecule has 0 saturated carbocycles. The van der Waals surface area contributed by atoms with Crippen molar-refractivity contribution < 1.29 is 13.4 Å². The van der Waals surface area contributed by atoms with Crippen LogP contribution in [0.1, 0.15) is 33.6 Å². The predicted molar refractivity (Wildman–Crippen MR) is 109 cm³/mol. The Morgan fingerprint density at radius 1 is 1.09 bits per heavy atom. The summed E-state index contributed by atoms with van der Waals surface area (Å²) in [6.07, 6.45) is 2.98. The molecule has 22 heavy (non-hydrogen) atoms. The summed E-state index contributed by atoms with van der Waals surface area (Å²) >= 11 is 10.1.